The first-order chi connectivity index (χ1) is 9.79. The minimum atomic E-state index is -0.0616. The number of hydrogen-bond donors (Lipinski definition) is 2. The van der Waals surface area contributed by atoms with E-state index in [1.165, 1.54) is 10.8 Å². The second kappa shape index (κ2) is 5.41. The fourth-order valence-corrected chi connectivity index (χ4v) is 2.60. The molecule has 0 amide bonds. The average molecular weight is 263 g/mol. The van der Waals surface area contributed by atoms with E-state index in [1.54, 1.807) is 0 Å². The third-order valence-corrected chi connectivity index (χ3v) is 3.53. The van der Waals surface area contributed by atoms with Gasteiger partial charge in [0.25, 0.3) is 0 Å². The highest BCUT2D eigenvalue weighted by Crippen LogP contribution is 2.28. The van der Waals surface area contributed by atoms with Gasteiger partial charge in [-0.05, 0) is 34.4 Å². The number of nitrogens with two attached hydrogens (primary N) is 1. The maximum absolute atomic E-state index is 5.80. The lowest BCUT2D eigenvalue weighted by Crippen LogP contribution is -2.29. The average Bonchev–Trinajstić information content (AvgIpc) is 2.48. The highest BCUT2D eigenvalue weighted by molar-refractivity contribution is 5.86. The van der Waals surface area contributed by atoms with Crippen LogP contribution in [0.1, 0.15) is 22.7 Å². The number of fused-ring (bicyclic) bond motifs is 1. The van der Waals surface area contributed by atoms with Crippen molar-refractivity contribution in [3.63, 3.8) is 0 Å². The molecule has 3 rings (SSSR count). The topological polar surface area (TPSA) is 50.9 Å². The van der Waals surface area contributed by atoms with Crippen molar-refractivity contribution < 1.29 is 0 Å². The molecule has 3 nitrogen and oxygen atoms in total. The van der Waals surface area contributed by atoms with Gasteiger partial charge in [-0.15, -0.1) is 0 Å². The van der Waals surface area contributed by atoms with E-state index in [1.807, 2.05) is 31.5 Å². The van der Waals surface area contributed by atoms with Crippen molar-refractivity contribution >= 4 is 10.8 Å². The van der Waals surface area contributed by atoms with E-state index in [2.05, 4.69) is 46.8 Å². The van der Waals surface area contributed by atoms with Gasteiger partial charge in [-0.2, -0.15) is 0 Å². The van der Waals surface area contributed by atoms with Gasteiger partial charge in [-0.1, -0.05) is 48.5 Å². The summed E-state index contributed by atoms with van der Waals surface area (Å²) in [5, 5.41) is 2.42. The van der Waals surface area contributed by atoms with Gasteiger partial charge in [0.1, 0.15) is 0 Å². The van der Waals surface area contributed by atoms with Crippen molar-refractivity contribution in [1.29, 1.82) is 0 Å². The van der Waals surface area contributed by atoms with E-state index >= 15 is 0 Å². The van der Waals surface area contributed by atoms with E-state index in [9.17, 15) is 0 Å². The molecule has 0 saturated carbocycles. The Balaban J connectivity index is 2.17. The summed E-state index contributed by atoms with van der Waals surface area (Å²) >= 11 is 0. The summed E-state index contributed by atoms with van der Waals surface area (Å²) in [6, 6.07) is 16.7. The molecule has 0 radical (unpaired) electrons. The molecule has 1 aromatic heterocycles. The van der Waals surface area contributed by atoms with Crippen LogP contribution in [0.25, 0.3) is 10.8 Å². The Morgan fingerprint density at radius 3 is 2.65 bits per heavy atom. The zero-order valence-corrected chi connectivity index (χ0v) is 11.4. The van der Waals surface area contributed by atoms with Crippen molar-refractivity contribution in [3.8, 4) is 0 Å². The van der Waals surface area contributed by atoms with Gasteiger partial charge in [0.15, 0.2) is 0 Å². The molecule has 0 aliphatic rings. The number of nitrogens with zero attached hydrogens (tertiary/aromatic N) is 1. The molecule has 2 aromatic carbocycles. The van der Waals surface area contributed by atoms with Crippen LogP contribution in [-0.2, 0) is 0 Å². The monoisotopic (exact) mass is 263 g/mol. The third kappa shape index (κ3) is 2.29. The quantitative estimate of drug-likeness (QED) is 0.564. The van der Waals surface area contributed by atoms with Crippen LogP contribution in [0.15, 0.2) is 60.9 Å². The molecule has 1 heterocycles. The molecule has 0 spiro atoms. The van der Waals surface area contributed by atoms with Crippen LogP contribution >= 0.6 is 0 Å². The summed E-state index contributed by atoms with van der Waals surface area (Å²) < 4.78 is 0. The maximum atomic E-state index is 5.80. The van der Waals surface area contributed by atoms with Crippen molar-refractivity contribution in [2.75, 3.05) is 0 Å². The first kappa shape index (κ1) is 12.8. The lowest BCUT2D eigenvalue weighted by molar-refractivity contribution is 0.638. The van der Waals surface area contributed by atoms with Crippen LogP contribution in [0, 0.1) is 6.92 Å². The van der Waals surface area contributed by atoms with Crippen molar-refractivity contribution in [2.24, 2.45) is 5.84 Å². The molecule has 0 fully saturated rings. The predicted octanol–water partition coefficient (Wildman–Crippen LogP) is 3.10. The van der Waals surface area contributed by atoms with Crippen LogP contribution in [0.5, 0.6) is 0 Å². The molecule has 3 aromatic rings. The zero-order chi connectivity index (χ0) is 13.9. The zero-order valence-electron chi connectivity index (χ0n) is 11.4. The second-order valence-electron chi connectivity index (χ2n) is 4.96. The number of aromatic nitrogens is 1. The largest absolute Gasteiger partial charge is 0.271 e. The van der Waals surface area contributed by atoms with Crippen LogP contribution in [0.4, 0.5) is 0 Å². The SMILES string of the molecule is Cc1cncc(C(NN)c2cccc3ccccc23)c1. The number of rotatable bonds is 3. The van der Waals surface area contributed by atoms with Crippen LogP contribution in [0.2, 0.25) is 0 Å². The van der Waals surface area contributed by atoms with E-state index in [0.717, 1.165) is 16.7 Å². The molecule has 20 heavy (non-hydrogen) atoms. The summed E-state index contributed by atoms with van der Waals surface area (Å²) in [5.41, 5.74) is 6.28. The highest BCUT2D eigenvalue weighted by Gasteiger charge is 2.15. The van der Waals surface area contributed by atoms with Crippen molar-refractivity contribution in [1.82, 2.24) is 10.4 Å². The summed E-state index contributed by atoms with van der Waals surface area (Å²) in [5.74, 6) is 5.80. The molecule has 100 valence electrons. The van der Waals surface area contributed by atoms with E-state index in [4.69, 9.17) is 5.84 Å². The Labute approximate surface area is 118 Å². The molecule has 0 saturated heterocycles. The third-order valence-electron chi connectivity index (χ3n) is 3.53. The summed E-state index contributed by atoms with van der Waals surface area (Å²) in [7, 11) is 0. The first-order valence-electron chi connectivity index (χ1n) is 6.65. The maximum Gasteiger partial charge on any atom is 0.0731 e. The molecule has 1 atom stereocenters. The Bertz CT molecular complexity index is 732. The Morgan fingerprint density at radius 1 is 1.05 bits per heavy atom. The van der Waals surface area contributed by atoms with Crippen LogP contribution in [0.3, 0.4) is 0 Å². The number of hydrazine groups is 1. The molecule has 0 bridgehead atoms. The highest BCUT2D eigenvalue weighted by atomic mass is 15.2. The van der Waals surface area contributed by atoms with E-state index in [-0.39, 0.29) is 6.04 Å². The Morgan fingerprint density at radius 2 is 1.85 bits per heavy atom. The van der Waals surface area contributed by atoms with Crippen molar-refractivity contribution in [3.05, 3.63) is 77.6 Å². The fraction of sp³-hybridized carbons (Fsp3) is 0.118. The normalized spacial score (nSPS) is 12.5. The van der Waals surface area contributed by atoms with Gasteiger partial charge in [-0.25, -0.2) is 5.43 Å². The number of hydrogen-bond acceptors (Lipinski definition) is 3. The van der Waals surface area contributed by atoms with Crippen LogP contribution < -0.4 is 11.3 Å². The number of pyridine rings is 1. The minimum absolute atomic E-state index is 0.0616. The van der Waals surface area contributed by atoms with Gasteiger partial charge in [0.2, 0.25) is 0 Å². The van der Waals surface area contributed by atoms with Gasteiger partial charge < -0.3 is 0 Å². The van der Waals surface area contributed by atoms with Crippen LogP contribution in [-0.4, -0.2) is 4.98 Å². The molecular weight excluding hydrogens is 246 g/mol. The van der Waals surface area contributed by atoms with Gasteiger partial charge in [0.05, 0.1) is 6.04 Å². The number of aryl methyl sites for hydroxylation is 1. The first-order valence-corrected chi connectivity index (χ1v) is 6.65. The fourth-order valence-electron chi connectivity index (χ4n) is 2.60. The lowest BCUT2D eigenvalue weighted by atomic mass is 9.94. The predicted molar refractivity (Wildman–Crippen MR) is 82.1 cm³/mol. The molecular formula is C17H17N3. The molecule has 1 unspecified atom stereocenters. The molecule has 3 heteroatoms. The summed E-state index contributed by atoms with van der Waals surface area (Å²) in [4.78, 5) is 4.26. The number of nitrogens with one attached hydrogen (secondary N) is 1. The van der Waals surface area contributed by atoms with E-state index in [0.29, 0.717) is 0 Å². The standard InChI is InChI=1S/C17H17N3/c1-12-9-14(11-19-10-12)17(20-18)16-8-4-6-13-5-2-3-7-15(13)16/h2-11,17,20H,18H2,1H3. The second-order valence-corrected chi connectivity index (χ2v) is 4.96. The molecule has 0 aliphatic heterocycles. The van der Waals surface area contributed by atoms with Crippen molar-refractivity contribution in [2.45, 2.75) is 13.0 Å². The van der Waals surface area contributed by atoms with Gasteiger partial charge in [0, 0.05) is 12.4 Å². The van der Waals surface area contributed by atoms with Gasteiger partial charge >= 0.3 is 0 Å². The van der Waals surface area contributed by atoms with E-state index < -0.39 is 0 Å². The Kier molecular flexibility index (Phi) is 3.46. The Hall–Kier alpha value is -2.23. The lowest BCUT2D eigenvalue weighted by Gasteiger charge is -2.19. The summed E-state index contributed by atoms with van der Waals surface area (Å²) in [6.07, 6.45) is 3.71. The smallest absolute Gasteiger partial charge is 0.0731 e. The molecule has 0 aliphatic carbocycles. The molecule has 3 N–H and O–H groups in total. The summed E-state index contributed by atoms with van der Waals surface area (Å²) in [6.45, 7) is 2.03. The minimum Gasteiger partial charge on any atom is -0.271 e. The number of benzene rings is 2. The van der Waals surface area contributed by atoms with Gasteiger partial charge in [-0.3, -0.25) is 10.8 Å².